The maximum Gasteiger partial charge on any atom is 0.318 e. The number of hydrogen-bond acceptors (Lipinski definition) is 5. The summed E-state index contributed by atoms with van der Waals surface area (Å²) in [6.45, 7) is 3.70. The van der Waals surface area contributed by atoms with Gasteiger partial charge in [0.05, 0.1) is 0 Å². The monoisotopic (exact) mass is 348 g/mol. The number of hydrogen-bond donors (Lipinski definition) is 3. The van der Waals surface area contributed by atoms with Crippen molar-refractivity contribution in [1.29, 1.82) is 0 Å². The second-order valence-corrected chi connectivity index (χ2v) is 8.30. The molecule has 0 aliphatic rings. The summed E-state index contributed by atoms with van der Waals surface area (Å²) in [6, 6.07) is 3.09. The van der Waals surface area contributed by atoms with E-state index < -0.39 is 22.5 Å². The fraction of sp³-hybridized carbons (Fsp3) is 0.538. The fourth-order valence-electron chi connectivity index (χ4n) is 1.63. The standard InChI is InChI=1S/C13H20N2O5S2/c1-9(2)7-11(16)14-6-5-10-3-4-13(21-10)22(19,20)15-8-12(17)18/h3-4,9,15H,5-8H2,1-2H3,(H,14,16)(H,17,18). The number of sulfonamides is 1. The minimum atomic E-state index is -3.79. The van der Waals surface area contributed by atoms with E-state index in [0.717, 1.165) is 16.2 Å². The Balaban J connectivity index is 2.51. The molecular formula is C13H20N2O5S2. The molecule has 22 heavy (non-hydrogen) atoms. The SMILES string of the molecule is CC(C)CC(=O)NCCc1ccc(S(=O)(=O)NCC(=O)O)s1. The topological polar surface area (TPSA) is 113 Å². The quantitative estimate of drug-likeness (QED) is 0.611. The van der Waals surface area contributed by atoms with Crippen molar-refractivity contribution >= 4 is 33.2 Å². The fourth-order valence-corrected chi connectivity index (χ4v) is 4.01. The van der Waals surface area contributed by atoms with E-state index in [9.17, 15) is 18.0 Å². The van der Waals surface area contributed by atoms with Crippen molar-refractivity contribution in [3.05, 3.63) is 17.0 Å². The van der Waals surface area contributed by atoms with E-state index in [4.69, 9.17) is 5.11 Å². The molecule has 0 radical (unpaired) electrons. The van der Waals surface area contributed by atoms with Gasteiger partial charge in [-0.15, -0.1) is 11.3 Å². The van der Waals surface area contributed by atoms with E-state index in [0.29, 0.717) is 25.3 Å². The van der Waals surface area contributed by atoms with Gasteiger partial charge in [0.15, 0.2) is 0 Å². The van der Waals surface area contributed by atoms with E-state index in [1.54, 1.807) is 6.07 Å². The Kier molecular flexibility index (Phi) is 6.98. The van der Waals surface area contributed by atoms with Gasteiger partial charge in [0, 0.05) is 17.8 Å². The van der Waals surface area contributed by atoms with Gasteiger partial charge in [-0.05, 0) is 24.5 Å². The van der Waals surface area contributed by atoms with Gasteiger partial charge in [0.2, 0.25) is 5.91 Å². The number of aliphatic carboxylic acids is 1. The van der Waals surface area contributed by atoms with Crippen molar-refractivity contribution in [2.24, 2.45) is 5.92 Å². The number of carbonyl (C=O) groups excluding carboxylic acids is 1. The summed E-state index contributed by atoms with van der Waals surface area (Å²) in [5, 5.41) is 11.3. The number of thiophene rings is 1. The second-order valence-electron chi connectivity index (χ2n) is 5.14. The molecule has 9 heteroatoms. The Labute approximate surface area is 133 Å². The molecule has 3 N–H and O–H groups in total. The van der Waals surface area contributed by atoms with Crippen molar-refractivity contribution in [2.45, 2.75) is 30.9 Å². The normalized spacial score (nSPS) is 11.6. The van der Waals surface area contributed by atoms with Crippen LogP contribution in [-0.4, -0.2) is 38.5 Å². The summed E-state index contributed by atoms with van der Waals surface area (Å²) in [6.07, 6.45) is 0.992. The van der Waals surface area contributed by atoms with Crippen LogP contribution in [0.4, 0.5) is 0 Å². The number of carbonyl (C=O) groups is 2. The summed E-state index contributed by atoms with van der Waals surface area (Å²) in [7, 11) is -3.79. The van der Waals surface area contributed by atoms with Gasteiger partial charge < -0.3 is 10.4 Å². The van der Waals surface area contributed by atoms with Crippen molar-refractivity contribution < 1.29 is 23.1 Å². The van der Waals surface area contributed by atoms with Crippen LogP contribution in [0.1, 0.15) is 25.1 Å². The van der Waals surface area contributed by atoms with Gasteiger partial charge in [0.1, 0.15) is 10.8 Å². The lowest BCUT2D eigenvalue weighted by atomic mass is 10.1. The predicted molar refractivity (Wildman–Crippen MR) is 83.3 cm³/mol. The highest BCUT2D eigenvalue weighted by Crippen LogP contribution is 2.21. The summed E-state index contributed by atoms with van der Waals surface area (Å²) in [5.74, 6) is -0.977. The number of amides is 1. The highest BCUT2D eigenvalue weighted by atomic mass is 32.2. The van der Waals surface area contributed by atoms with Crippen LogP contribution in [0.2, 0.25) is 0 Å². The van der Waals surface area contributed by atoms with Crippen LogP contribution in [0.25, 0.3) is 0 Å². The molecule has 7 nitrogen and oxygen atoms in total. The van der Waals surface area contributed by atoms with E-state index in [-0.39, 0.29) is 10.1 Å². The van der Waals surface area contributed by atoms with Crippen LogP contribution < -0.4 is 10.0 Å². The minimum Gasteiger partial charge on any atom is -0.480 e. The summed E-state index contributed by atoms with van der Waals surface area (Å²) >= 11 is 1.06. The molecular weight excluding hydrogens is 328 g/mol. The number of carboxylic acids is 1. The third kappa shape index (κ3) is 6.54. The Morgan fingerprint density at radius 3 is 2.59 bits per heavy atom. The first-order valence-electron chi connectivity index (χ1n) is 6.77. The molecule has 0 aromatic carbocycles. The average Bonchev–Trinajstić information content (AvgIpc) is 2.85. The Morgan fingerprint density at radius 1 is 1.32 bits per heavy atom. The van der Waals surface area contributed by atoms with Crippen LogP contribution in [-0.2, 0) is 26.0 Å². The number of carboxylic acid groups (broad SMARTS) is 1. The van der Waals surface area contributed by atoms with E-state index in [1.165, 1.54) is 6.07 Å². The van der Waals surface area contributed by atoms with E-state index in [1.807, 2.05) is 18.6 Å². The van der Waals surface area contributed by atoms with Gasteiger partial charge in [0.25, 0.3) is 10.0 Å². The highest BCUT2D eigenvalue weighted by molar-refractivity contribution is 7.91. The molecule has 0 bridgehead atoms. The van der Waals surface area contributed by atoms with Gasteiger partial charge in [-0.2, -0.15) is 4.72 Å². The summed E-state index contributed by atoms with van der Waals surface area (Å²) in [4.78, 5) is 22.7. The molecule has 1 rings (SSSR count). The van der Waals surface area contributed by atoms with Crippen LogP contribution in [0, 0.1) is 5.92 Å². The molecule has 1 aromatic heterocycles. The smallest absolute Gasteiger partial charge is 0.318 e. The first kappa shape index (κ1) is 18.6. The molecule has 0 aliphatic heterocycles. The van der Waals surface area contributed by atoms with Crippen molar-refractivity contribution in [3.8, 4) is 0 Å². The zero-order chi connectivity index (χ0) is 16.8. The molecule has 1 heterocycles. The second kappa shape index (κ2) is 8.25. The molecule has 0 aliphatic carbocycles. The van der Waals surface area contributed by atoms with Crippen molar-refractivity contribution in [1.82, 2.24) is 10.0 Å². The molecule has 0 atom stereocenters. The summed E-state index contributed by atoms with van der Waals surface area (Å²) in [5.41, 5.74) is 0. The molecule has 1 amide bonds. The molecule has 0 spiro atoms. The van der Waals surface area contributed by atoms with E-state index >= 15 is 0 Å². The molecule has 0 unspecified atom stereocenters. The molecule has 1 aromatic rings. The van der Waals surface area contributed by atoms with E-state index in [2.05, 4.69) is 5.32 Å². The maximum absolute atomic E-state index is 11.8. The maximum atomic E-state index is 11.8. The Bertz CT molecular complexity index is 622. The molecule has 0 fully saturated rings. The minimum absolute atomic E-state index is 0.0254. The lowest BCUT2D eigenvalue weighted by Crippen LogP contribution is -2.28. The molecule has 124 valence electrons. The Morgan fingerprint density at radius 2 is 2.00 bits per heavy atom. The van der Waals surface area contributed by atoms with Crippen LogP contribution in [0.15, 0.2) is 16.3 Å². The average molecular weight is 348 g/mol. The number of rotatable bonds is 9. The van der Waals surface area contributed by atoms with Gasteiger partial charge in [-0.3, -0.25) is 9.59 Å². The van der Waals surface area contributed by atoms with Crippen LogP contribution in [0.5, 0.6) is 0 Å². The summed E-state index contributed by atoms with van der Waals surface area (Å²) < 4.78 is 25.7. The number of nitrogens with one attached hydrogen (secondary N) is 2. The largest absolute Gasteiger partial charge is 0.480 e. The van der Waals surface area contributed by atoms with Crippen molar-refractivity contribution in [3.63, 3.8) is 0 Å². The van der Waals surface area contributed by atoms with Gasteiger partial charge >= 0.3 is 5.97 Å². The first-order chi connectivity index (χ1) is 10.2. The van der Waals surface area contributed by atoms with Gasteiger partial charge in [-0.25, -0.2) is 8.42 Å². The zero-order valence-electron chi connectivity index (χ0n) is 12.5. The van der Waals surface area contributed by atoms with Crippen LogP contribution in [0.3, 0.4) is 0 Å². The predicted octanol–water partition coefficient (Wildman–Crippen LogP) is 0.816. The first-order valence-corrected chi connectivity index (χ1v) is 9.07. The Hall–Kier alpha value is -1.45. The lowest BCUT2D eigenvalue weighted by molar-refractivity contribution is -0.135. The van der Waals surface area contributed by atoms with Crippen LogP contribution >= 0.6 is 11.3 Å². The zero-order valence-corrected chi connectivity index (χ0v) is 14.1. The van der Waals surface area contributed by atoms with Gasteiger partial charge in [-0.1, -0.05) is 13.8 Å². The molecule has 0 saturated heterocycles. The van der Waals surface area contributed by atoms with Crippen molar-refractivity contribution in [2.75, 3.05) is 13.1 Å². The third-order valence-electron chi connectivity index (χ3n) is 2.60. The highest BCUT2D eigenvalue weighted by Gasteiger charge is 2.17. The lowest BCUT2D eigenvalue weighted by Gasteiger charge is -2.06. The third-order valence-corrected chi connectivity index (χ3v) is 5.64. The molecule has 0 saturated carbocycles.